The minimum absolute atomic E-state index is 0.0134. The fraction of sp³-hybridized carbons (Fsp3) is 0.917. The number of rotatable bonds is 7. The van der Waals surface area contributed by atoms with Gasteiger partial charge >= 0.3 is 0 Å². The molecule has 1 saturated heterocycles. The van der Waals surface area contributed by atoms with Crippen LogP contribution in [0.25, 0.3) is 0 Å². The van der Waals surface area contributed by atoms with Crippen molar-refractivity contribution in [1.82, 2.24) is 10.2 Å². The average Bonchev–Trinajstić information content (AvgIpc) is 2.31. The summed E-state index contributed by atoms with van der Waals surface area (Å²) in [5.74, 6) is 0.542. The Balaban J connectivity index is 2.34. The number of nitrogens with zero attached hydrogens (tertiary/aromatic N) is 1. The Kier molecular flexibility index (Phi) is 7.65. The number of nitrogens with one attached hydrogen (secondary N) is 1. The van der Waals surface area contributed by atoms with Crippen molar-refractivity contribution in [1.29, 1.82) is 0 Å². The summed E-state index contributed by atoms with van der Waals surface area (Å²) in [4.78, 5) is 13.7. The monoisotopic (exact) mass is 276 g/mol. The van der Waals surface area contributed by atoms with Crippen LogP contribution in [0, 0.1) is 0 Å². The van der Waals surface area contributed by atoms with Gasteiger partial charge in [0.2, 0.25) is 5.91 Å². The first-order chi connectivity index (χ1) is 8.63. The lowest BCUT2D eigenvalue weighted by atomic mass is 10.1. The molecule has 0 unspecified atom stereocenters. The summed E-state index contributed by atoms with van der Waals surface area (Å²) in [6, 6.07) is -0.0134. The van der Waals surface area contributed by atoms with Crippen LogP contribution < -0.4 is 5.32 Å². The molecule has 0 aromatic heterocycles. The van der Waals surface area contributed by atoms with Crippen molar-refractivity contribution in [3.63, 3.8) is 0 Å². The van der Waals surface area contributed by atoms with Crippen molar-refractivity contribution in [2.24, 2.45) is 0 Å². The van der Waals surface area contributed by atoms with Gasteiger partial charge < -0.3 is 19.7 Å². The van der Waals surface area contributed by atoms with Gasteiger partial charge in [0.1, 0.15) is 0 Å². The second-order valence-corrected chi connectivity index (χ2v) is 5.55. The zero-order valence-corrected chi connectivity index (χ0v) is 12.3. The third-order valence-corrected chi connectivity index (χ3v) is 3.34. The Labute approximate surface area is 114 Å². The van der Waals surface area contributed by atoms with Crippen LogP contribution in [0.15, 0.2) is 0 Å². The van der Waals surface area contributed by atoms with E-state index in [4.69, 9.17) is 9.47 Å². The SMILES string of the molecule is CSCC(=O)N[C@H]1COCC[C@H]1OCCN(C)C. The number of likely N-dealkylation sites (N-methyl/N-ethyl adjacent to an activating group) is 1. The molecule has 1 amide bonds. The molecule has 2 atom stereocenters. The van der Waals surface area contributed by atoms with Crippen LogP contribution in [0.5, 0.6) is 0 Å². The number of carbonyl (C=O) groups is 1. The van der Waals surface area contributed by atoms with Crippen molar-refractivity contribution in [2.45, 2.75) is 18.6 Å². The van der Waals surface area contributed by atoms with Crippen molar-refractivity contribution < 1.29 is 14.3 Å². The third kappa shape index (κ3) is 6.04. The summed E-state index contributed by atoms with van der Waals surface area (Å²) >= 11 is 1.52. The zero-order chi connectivity index (χ0) is 13.4. The molecule has 0 aromatic carbocycles. The number of hydrogen-bond donors (Lipinski definition) is 1. The van der Waals surface area contributed by atoms with Gasteiger partial charge in [-0.2, -0.15) is 11.8 Å². The van der Waals surface area contributed by atoms with Crippen LogP contribution in [0.2, 0.25) is 0 Å². The molecule has 5 nitrogen and oxygen atoms in total. The van der Waals surface area contributed by atoms with E-state index in [1.54, 1.807) is 0 Å². The summed E-state index contributed by atoms with van der Waals surface area (Å²) < 4.78 is 11.2. The van der Waals surface area contributed by atoms with Gasteiger partial charge in [-0.15, -0.1) is 0 Å². The molecular formula is C12H24N2O3S. The molecule has 6 heteroatoms. The molecule has 0 aromatic rings. The van der Waals surface area contributed by atoms with E-state index in [1.165, 1.54) is 11.8 Å². The molecule has 1 heterocycles. The number of amides is 1. The van der Waals surface area contributed by atoms with E-state index in [0.717, 1.165) is 13.0 Å². The normalized spacial score (nSPS) is 24.2. The lowest BCUT2D eigenvalue weighted by Crippen LogP contribution is -2.51. The Bertz CT molecular complexity index is 251. The van der Waals surface area contributed by atoms with Gasteiger partial charge in [0.05, 0.1) is 31.1 Å². The van der Waals surface area contributed by atoms with E-state index in [2.05, 4.69) is 10.2 Å². The second kappa shape index (κ2) is 8.74. The lowest BCUT2D eigenvalue weighted by molar-refractivity contribution is -0.123. The fourth-order valence-corrected chi connectivity index (χ4v) is 2.16. The standard InChI is InChI=1S/C12H24N2O3S/c1-14(2)5-7-17-11-4-6-16-8-10(11)13-12(15)9-18-3/h10-11H,4-9H2,1-3H3,(H,13,15)/t10-,11+/m0/s1. The molecule has 106 valence electrons. The largest absolute Gasteiger partial charge is 0.379 e. The summed E-state index contributed by atoms with van der Waals surface area (Å²) in [7, 11) is 4.04. The minimum Gasteiger partial charge on any atom is -0.379 e. The molecule has 0 aliphatic carbocycles. The van der Waals surface area contributed by atoms with E-state index in [-0.39, 0.29) is 18.1 Å². The summed E-state index contributed by atoms with van der Waals surface area (Å²) in [6.07, 6.45) is 2.84. The van der Waals surface area contributed by atoms with Crippen molar-refractivity contribution >= 4 is 17.7 Å². The van der Waals surface area contributed by atoms with Crippen molar-refractivity contribution in [2.75, 3.05) is 52.5 Å². The van der Waals surface area contributed by atoms with Gasteiger partial charge in [-0.3, -0.25) is 4.79 Å². The molecule has 1 aliphatic rings. The lowest BCUT2D eigenvalue weighted by Gasteiger charge is -2.32. The summed E-state index contributed by atoms with van der Waals surface area (Å²) in [5, 5.41) is 2.98. The highest BCUT2D eigenvalue weighted by molar-refractivity contribution is 7.99. The van der Waals surface area contributed by atoms with E-state index in [1.807, 2.05) is 20.4 Å². The predicted octanol–water partition coefficient (Wildman–Crippen LogP) is 0.201. The topological polar surface area (TPSA) is 50.8 Å². The third-order valence-electron chi connectivity index (χ3n) is 2.79. The first kappa shape index (κ1) is 15.8. The van der Waals surface area contributed by atoms with Crippen LogP contribution in [0.4, 0.5) is 0 Å². The van der Waals surface area contributed by atoms with E-state index in [0.29, 0.717) is 25.6 Å². The highest BCUT2D eigenvalue weighted by Gasteiger charge is 2.27. The average molecular weight is 276 g/mol. The summed E-state index contributed by atoms with van der Waals surface area (Å²) in [6.45, 7) is 2.84. The molecular weight excluding hydrogens is 252 g/mol. The van der Waals surface area contributed by atoms with Crippen molar-refractivity contribution in [3.05, 3.63) is 0 Å². The summed E-state index contributed by atoms with van der Waals surface area (Å²) in [5.41, 5.74) is 0. The van der Waals surface area contributed by atoms with Crippen LogP contribution in [-0.2, 0) is 14.3 Å². The molecule has 0 saturated carbocycles. The highest BCUT2D eigenvalue weighted by Crippen LogP contribution is 2.12. The highest BCUT2D eigenvalue weighted by atomic mass is 32.2. The fourth-order valence-electron chi connectivity index (χ4n) is 1.82. The Morgan fingerprint density at radius 3 is 3.00 bits per heavy atom. The van der Waals surface area contributed by atoms with Gasteiger partial charge in [-0.05, 0) is 26.8 Å². The van der Waals surface area contributed by atoms with Gasteiger partial charge in [-0.25, -0.2) is 0 Å². The maximum absolute atomic E-state index is 11.6. The maximum atomic E-state index is 11.6. The Hall–Kier alpha value is -0.300. The van der Waals surface area contributed by atoms with Gasteiger partial charge in [0.15, 0.2) is 0 Å². The molecule has 0 radical (unpaired) electrons. The molecule has 1 aliphatic heterocycles. The number of thioether (sulfide) groups is 1. The van der Waals surface area contributed by atoms with Gasteiger partial charge in [-0.1, -0.05) is 0 Å². The molecule has 18 heavy (non-hydrogen) atoms. The minimum atomic E-state index is -0.0134. The Morgan fingerprint density at radius 2 is 2.33 bits per heavy atom. The first-order valence-corrected chi connectivity index (χ1v) is 7.65. The van der Waals surface area contributed by atoms with Crippen LogP contribution in [-0.4, -0.2) is 75.4 Å². The zero-order valence-electron chi connectivity index (χ0n) is 11.5. The van der Waals surface area contributed by atoms with E-state index in [9.17, 15) is 4.79 Å². The quantitative estimate of drug-likeness (QED) is 0.720. The number of hydrogen-bond acceptors (Lipinski definition) is 5. The second-order valence-electron chi connectivity index (χ2n) is 4.68. The number of carbonyl (C=O) groups excluding carboxylic acids is 1. The predicted molar refractivity (Wildman–Crippen MR) is 74.0 cm³/mol. The van der Waals surface area contributed by atoms with E-state index < -0.39 is 0 Å². The van der Waals surface area contributed by atoms with Crippen LogP contribution >= 0.6 is 11.8 Å². The molecule has 0 spiro atoms. The van der Waals surface area contributed by atoms with Crippen LogP contribution in [0.1, 0.15) is 6.42 Å². The van der Waals surface area contributed by atoms with Crippen molar-refractivity contribution in [3.8, 4) is 0 Å². The Morgan fingerprint density at radius 1 is 1.56 bits per heavy atom. The first-order valence-electron chi connectivity index (χ1n) is 6.26. The van der Waals surface area contributed by atoms with E-state index >= 15 is 0 Å². The smallest absolute Gasteiger partial charge is 0.230 e. The van der Waals surface area contributed by atoms with Gasteiger partial charge in [0.25, 0.3) is 0 Å². The molecule has 1 N–H and O–H groups in total. The molecule has 0 bridgehead atoms. The molecule has 1 rings (SSSR count). The molecule has 1 fully saturated rings. The maximum Gasteiger partial charge on any atom is 0.230 e. The van der Waals surface area contributed by atoms with Gasteiger partial charge in [0, 0.05) is 13.2 Å². The van der Waals surface area contributed by atoms with Crippen LogP contribution in [0.3, 0.4) is 0 Å². The number of ether oxygens (including phenoxy) is 2.